The van der Waals surface area contributed by atoms with Gasteiger partial charge in [0, 0.05) is 0 Å². The molecule has 1 heterocycles. The molecule has 1 aromatic heterocycles. The topological polar surface area (TPSA) is 32.9 Å². The van der Waals surface area contributed by atoms with Crippen LogP contribution in [0, 0.1) is 0 Å². The van der Waals surface area contributed by atoms with Crippen molar-refractivity contribution in [1.82, 2.24) is 4.98 Å². The molecule has 0 saturated heterocycles. The van der Waals surface area contributed by atoms with Crippen LogP contribution in [0.4, 0.5) is 0 Å². The van der Waals surface area contributed by atoms with Crippen molar-refractivity contribution in [2.24, 2.45) is 0 Å². The van der Waals surface area contributed by atoms with Crippen LogP contribution in [-0.2, 0) is 6.42 Å². The fourth-order valence-electron chi connectivity index (χ4n) is 0.815. The molecule has 0 aliphatic rings. The van der Waals surface area contributed by atoms with Gasteiger partial charge in [0.25, 0.3) is 0 Å². The first-order valence-electron chi connectivity index (χ1n) is 3.10. The summed E-state index contributed by atoms with van der Waals surface area (Å²) in [5, 5.41) is 0. The molecule has 0 bridgehead atoms. The third-order valence-corrected chi connectivity index (χ3v) is 2.08. The zero-order valence-electron chi connectivity index (χ0n) is 5.65. The van der Waals surface area contributed by atoms with Crippen LogP contribution in [-0.4, -0.2) is 11.3 Å². The Morgan fingerprint density at radius 1 is 1.80 bits per heavy atom. The molecule has 0 fully saturated rings. The number of aromatic amines is 1. The lowest BCUT2D eigenvalue weighted by atomic mass is 10.2. The summed E-state index contributed by atoms with van der Waals surface area (Å²) in [6, 6.07) is 1.84. The summed E-state index contributed by atoms with van der Waals surface area (Å²) < 4.78 is 0.914. The minimum absolute atomic E-state index is 0.628. The van der Waals surface area contributed by atoms with Crippen molar-refractivity contribution in [2.75, 3.05) is 0 Å². The Morgan fingerprint density at radius 2 is 2.50 bits per heavy atom. The van der Waals surface area contributed by atoms with E-state index in [-0.39, 0.29) is 0 Å². The minimum Gasteiger partial charge on any atom is -0.347 e. The predicted octanol–water partition coefficient (Wildman–Crippen LogP) is 2.15. The molecule has 10 heavy (non-hydrogen) atoms. The van der Waals surface area contributed by atoms with Crippen LogP contribution in [0.3, 0.4) is 0 Å². The maximum atomic E-state index is 10.2. The van der Waals surface area contributed by atoms with Gasteiger partial charge in [0.2, 0.25) is 0 Å². The van der Waals surface area contributed by atoms with Gasteiger partial charge in [-0.05, 0) is 34.0 Å². The van der Waals surface area contributed by atoms with Crippen LogP contribution in [0.25, 0.3) is 0 Å². The summed E-state index contributed by atoms with van der Waals surface area (Å²) in [4.78, 5) is 13.1. The molecule has 0 aliphatic heterocycles. The van der Waals surface area contributed by atoms with E-state index in [4.69, 9.17) is 0 Å². The molecule has 1 aromatic rings. The van der Waals surface area contributed by atoms with E-state index in [1.165, 1.54) is 0 Å². The molecule has 0 atom stereocenters. The van der Waals surface area contributed by atoms with Crippen molar-refractivity contribution in [1.29, 1.82) is 0 Å². The molecule has 0 radical (unpaired) electrons. The molecular formula is C7H8BrNO. The first kappa shape index (κ1) is 7.54. The molecule has 1 N–H and O–H groups in total. The van der Waals surface area contributed by atoms with E-state index in [9.17, 15) is 4.79 Å². The largest absolute Gasteiger partial charge is 0.347 e. The summed E-state index contributed by atoms with van der Waals surface area (Å²) in [5.74, 6) is 0. The molecule has 3 heteroatoms. The monoisotopic (exact) mass is 201 g/mol. The lowest BCUT2D eigenvalue weighted by Gasteiger charge is -1.86. The van der Waals surface area contributed by atoms with Crippen molar-refractivity contribution in [3.05, 3.63) is 21.9 Å². The van der Waals surface area contributed by atoms with Crippen molar-refractivity contribution in [3.8, 4) is 0 Å². The third kappa shape index (κ3) is 1.29. The smallest absolute Gasteiger partial charge is 0.166 e. The number of aldehydes is 1. The van der Waals surface area contributed by atoms with Gasteiger partial charge in [-0.2, -0.15) is 0 Å². The van der Waals surface area contributed by atoms with Gasteiger partial charge in [0.15, 0.2) is 6.29 Å². The number of hydrogen-bond donors (Lipinski definition) is 1. The Bertz CT molecular complexity index is 242. The maximum absolute atomic E-state index is 10.2. The molecule has 1 rings (SSSR count). The molecule has 54 valence electrons. The van der Waals surface area contributed by atoms with Gasteiger partial charge >= 0.3 is 0 Å². The van der Waals surface area contributed by atoms with Crippen LogP contribution in [0.5, 0.6) is 0 Å². The Kier molecular flexibility index (Phi) is 2.27. The highest BCUT2D eigenvalue weighted by molar-refractivity contribution is 9.10. The van der Waals surface area contributed by atoms with Crippen LogP contribution >= 0.6 is 15.9 Å². The molecule has 0 unspecified atom stereocenters. The van der Waals surface area contributed by atoms with Gasteiger partial charge in [-0.1, -0.05) is 6.92 Å². The molecule has 2 nitrogen and oxygen atoms in total. The molecule has 0 saturated carbocycles. The first-order chi connectivity index (χ1) is 4.77. The first-order valence-corrected chi connectivity index (χ1v) is 3.89. The van der Waals surface area contributed by atoms with Crippen LogP contribution in [0.2, 0.25) is 0 Å². The predicted molar refractivity (Wildman–Crippen MR) is 43.3 cm³/mol. The fourth-order valence-corrected chi connectivity index (χ4v) is 1.44. The number of halogens is 1. The highest BCUT2D eigenvalue weighted by atomic mass is 79.9. The van der Waals surface area contributed by atoms with Crippen molar-refractivity contribution in [3.63, 3.8) is 0 Å². The van der Waals surface area contributed by atoms with Gasteiger partial charge < -0.3 is 4.98 Å². The minimum atomic E-state index is 0.628. The Balaban J connectivity index is 3.03. The Labute approximate surface area is 67.8 Å². The van der Waals surface area contributed by atoms with Gasteiger partial charge in [-0.15, -0.1) is 0 Å². The number of carbonyl (C=O) groups is 1. The summed E-state index contributed by atoms with van der Waals surface area (Å²) in [7, 11) is 0. The zero-order chi connectivity index (χ0) is 7.56. The van der Waals surface area contributed by atoms with Gasteiger partial charge in [0.05, 0.1) is 10.3 Å². The second-order valence-corrected chi connectivity index (χ2v) is 2.83. The highest BCUT2D eigenvalue weighted by Gasteiger charge is 2.01. The van der Waals surface area contributed by atoms with E-state index in [0.717, 1.165) is 22.9 Å². The number of aryl methyl sites for hydroxylation is 1. The van der Waals surface area contributed by atoms with Gasteiger partial charge in [-0.3, -0.25) is 4.79 Å². The fraction of sp³-hybridized carbons (Fsp3) is 0.286. The van der Waals surface area contributed by atoms with Crippen molar-refractivity contribution < 1.29 is 4.79 Å². The summed E-state index contributed by atoms with van der Waals surface area (Å²) in [6.45, 7) is 2.04. The van der Waals surface area contributed by atoms with Crippen LogP contribution in [0.1, 0.15) is 23.0 Å². The van der Waals surface area contributed by atoms with E-state index < -0.39 is 0 Å². The lowest BCUT2D eigenvalue weighted by molar-refractivity contribution is 0.111. The summed E-state index contributed by atoms with van der Waals surface area (Å²) in [6.07, 6.45) is 1.74. The van der Waals surface area contributed by atoms with E-state index in [1.807, 2.05) is 13.0 Å². The number of hydrogen-bond acceptors (Lipinski definition) is 1. The van der Waals surface area contributed by atoms with Crippen molar-refractivity contribution in [2.45, 2.75) is 13.3 Å². The maximum Gasteiger partial charge on any atom is 0.166 e. The quantitative estimate of drug-likeness (QED) is 0.732. The molecule has 0 amide bonds. The van der Waals surface area contributed by atoms with Gasteiger partial charge in [-0.25, -0.2) is 0 Å². The number of nitrogens with one attached hydrogen (secondary N) is 1. The SMILES string of the molecule is CCc1cc(C=O)[nH]c1Br. The Hall–Kier alpha value is -0.570. The third-order valence-electron chi connectivity index (χ3n) is 1.37. The average Bonchev–Trinajstić information content (AvgIpc) is 2.30. The Morgan fingerprint density at radius 3 is 2.80 bits per heavy atom. The lowest BCUT2D eigenvalue weighted by Crippen LogP contribution is -1.74. The molecule has 0 spiro atoms. The van der Waals surface area contributed by atoms with E-state index in [2.05, 4.69) is 20.9 Å². The van der Waals surface area contributed by atoms with E-state index in [0.29, 0.717) is 5.69 Å². The average molecular weight is 202 g/mol. The summed E-state index contributed by atoms with van der Waals surface area (Å²) >= 11 is 3.30. The number of H-pyrrole nitrogens is 1. The normalized spacial score (nSPS) is 9.80. The van der Waals surface area contributed by atoms with Crippen LogP contribution < -0.4 is 0 Å². The second kappa shape index (κ2) is 3.01. The van der Waals surface area contributed by atoms with Gasteiger partial charge in [0.1, 0.15) is 0 Å². The van der Waals surface area contributed by atoms with Crippen LogP contribution in [0.15, 0.2) is 10.7 Å². The zero-order valence-corrected chi connectivity index (χ0v) is 7.23. The highest BCUT2D eigenvalue weighted by Crippen LogP contribution is 2.16. The molecule has 0 aliphatic carbocycles. The van der Waals surface area contributed by atoms with E-state index >= 15 is 0 Å². The number of aromatic nitrogens is 1. The standard InChI is InChI=1S/C7H8BrNO/c1-2-5-3-6(4-10)9-7(5)8/h3-4,9H,2H2,1H3. The number of carbonyl (C=O) groups excluding carboxylic acids is 1. The van der Waals surface area contributed by atoms with E-state index in [1.54, 1.807) is 0 Å². The summed E-state index contributed by atoms with van der Waals surface area (Å²) in [5.41, 5.74) is 1.77. The molecular weight excluding hydrogens is 194 g/mol. The van der Waals surface area contributed by atoms with Crippen molar-refractivity contribution >= 4 is 22.2 Å². The molecule has 0 aromatic carbocycles. The second-order valence-electron chi connectivity index (χ2n) is 2.04. The number of rotatable bonds is 2.